The summed E-state index contributed by atoms with van der Waals surface area (Å²) in [6, 6.07) is 14.7. The molecule has 3 heterocycles. The zero-order chi connectivity index (χ0) is 22.5. The molecule has 2 aromatic heterocycles. The number of hydrogen-bond acceptors (Lipinski definition) is 5. The molecule has 1 aliphatic rings. The number of pyridine rings is 1. The molecular weight excluding hydrogens is 406 g/mol. The SMILES string of the molecule is Cc1ccc2nc(COC(=O)C3CCN(C(=O)/C=C/c4ccccc4)CC3)cc(=O)n2c1. The number of fused-ring (bicyclic) bond motifs is 1. The molecular formula is C25H25N3O4. The number of ether oxygens (including phenoxy) is 1. The van der Waals surface area contributed by atoms with Crippen LogP contribution in [0.4, 0.5) is 0 Å². The standard InChI is InChI=1S/C25H25N3O4/c1-18-7-9-22-26-21(15-24(30)28(22)16-18)17-32-25(31)20-11-13-27(14-12-20)23(29)10-8-19-5-3-2-4-6-19/h2-10,15-16,20H,11-14,17H2,1H3/b10-8+. The molecule has 4 rings (SSSR count). The van der Waals surface area contributed by atoms with Crippen molar-refractivity contribution < 1.29 is 14.3 Å². The minimum absolute atomic E-state index is 0.0442. The summed E-state index contributed by atoms with van der Waals surface area (Å²) in [4.78, 5) is 43.3. The highest BCUT2D eigenvalue weighted by molar-refractivity contribution is 5.92. The van der Waals surface area contributed by atoms with E-state index in [1.165, 1.54) is 10.5 Å². The van der Waals surface area contributed by atoms with E-state index in [0.717, 1.165) is 11.1 Å². The minimum Gasteiger partial charge on any atom is -0.459 e. The predicted octanol–water partition coefficient (Wildman–Crippen LogP) is 3.00. The second-order valence-electron chi connectivity index (χ2n) is 7.97. The van der Waals surface area contributed by atoms with Gasteiger partial charge in [0.1, 0.15) is 12.3 Å². The molecule has 0 spiro atoms. The third kappa shape index (κ3) is 5.11. The van der Waals surface area contributed by atoms with Crippen molar-refractivity contribution in [1.29, 1.82) is 0 Å². The van der Waals surface area contributed by atoms with E-state index in [0.29, 0.717) is 37.3 Å². The number of piperidine rings is 1. The van der Waals surface area contributed by atoms with Gasteiger partial charge in [0.25, 0.3) is 5.56 Å². The zero-order valence-corrected chi connectivity index (χ0v) is 17.9. The van der Waals surface area contributed by atoms with Crippen LogP contribution in [0.15, 0.2) is 65.6 Å². The van der Waals surface area contributed by atoms with Gasteiger partial charge in [0.05, 0.1) is 11.6 Å². The van der Waals surface area contributed by atoms with Gasteiger partial charge in [-0.15, -0.1) is 0 Å². The molecule has 7 heteroatoms. The van der Waals surface area contributed by atoms with Crippen LogP contribution in [0.3, 0.4) is 0 Å². The van der Waals surface area contributed by atoms with Crippen molar-refractivity contribution in [2.75, 3.05) is 13.1 Å². The summed E-state index contributed by atoms with van der Waals surface area (Å²) in [5.74, 6) is -0.638. The van der Waals surface area contributed by atoms with Gasteiger partial charge in [0, 0.05) is 31.4 Å². The number of carbonyl (C=O) groups excluding carboxylic acids is 2. The first-order valence-electron chi connectivity index (χ1n) is 10.7. The summed E-state index contributed by atoms with van der Waals surface area (Å²) in [5, 5.41) is 0. The lowest BCUT2D eigenvalue weighted by Gasteiger charge is -2.30. The van der Waals surface area contributed by atoms with Crippen molar-refractivity contribution in [3.63, 3.8) is 0 Å². The van der Waals surface area contributed by atoms with Gasteiger partial charge in [-0.1, -0.05) is 36.4 Å². The third-order valence-corrected chi connectivity index (χ3v) is 5.58. The second-order valence-corrected chi connectivity index (χ2v) is 7.97. The first kappa shape index (κ1) is 21.5. The van der Waals surface area contributed by atoms with E-state index in [-0.39, 0.29) is 30.0 Å². The molecule has 1 amide bonds. The molecule has 1 aromatic carbocycles. The van der Waals surface area contributed by atoms with Crippen LogP contribution in [0.2, 0.25) is 0 Å². The largest absolute Gasteiger partial charge is 0.459 e. The van der Waals surface area contributed by atoms with Crippen LogP contribution in [0, 0.1) is 12.8 Å². The molecule has 0 unspecified atom stereocenters. The number of hydrogen-bond donors (Lipinski definition) is 0. The van der Waals surface area contributed by atoms with Crippen molar-refractivity contribution in [3.05, 3.63) is 88.0 Å². The Hall–Kier alpha value is -3.74. The van der Waals surface area contributed by atoms with Crippen molar-refractivity contribution in [2.45, 2.75) is 26.4 Å². The Morgan fingerprint density at radius 3 is 2.62 bits per heavy atom. The van der Waals surface area contributed by atoms with Crippen LogP contribution >= 0.6 is 0 Å². The molecule has 1 aliphatic heterocycles. The molecule has 0 radical (unpaired) electrons. The Morgan fingerprint density at radius 1 is 1.12 bits per heavy atom. The molecule has 32 heavy (non-hydrogen) atoms. The van der Waals surface area contributed by atoms with Crippen LogP contribution in [-0.2, 0) is 20.9 Å². The number of aromatic nitrogens is 2. The van der Waals surface area contributed by atoms with E-state index in [1.807, 2.05) is 43.3 Å². The van der Waals surface area contributed by atoms with E-state index in [4.69, 9.17) is 4.74 Å². The van der Waals surface area contributed by atoms with Gasteiger partial charge in [-0.05, 0) is 43.0 Å². The third-order valence-electron chi connectivity index (χ3n) is 5.58. The summed E-state index contributed by atoms with van der Waals surface area (Å²) in [7, 11) is 0. The number of likely N-dealkylation sites (tertiary alicyclic amines) is 1. The molecule has 1 fully saturated rings. The van der Waals surface area contributed by atoms with Crippen LogP contribution in [0.1, 0.15) is 29.7 Å². The van der Waals surface area contributed by atoms with Crippen LogP contribution in [-0.4, -0.2) is 39.3 Å². The molecule has 0 N–H and O–H groups in total. The number of benzene rings is 1. The van der Waals surface area contributed by atoms with Gasteiger partial charge in [-0.3, -0.25) is 18.8 Å². The number of aryl methyl sites for hydroxylation is 1. The first-order chi connectivity index (χ1) is 15.5. The second kappa shape index (κ2) is 9.60. The van der Waals surface area contributed by atoms with Gasteiger partial charge in [0.15, 0.2) is 0 Å². The molecule has 7 nitrogen and oxygen atoms in total. The van der Waals surface area contributed by atoms with Crippen molar-refractivity contribution in [2.24, 2.45) is 5.92 Å². The van der Waals surface area contributed by atoms with Gasteiger partial charge >= 0.3 is 5.97 Å². The number of amides is 1. The smallest absolute Gasteiger partial charge is 0.309 e. The van der Waals surface area contributed by atoms with Gasteiger partial charge in [-0.2, -0.15) is 0 Å². The lowest BCUT2D eigenvalue weighted by atomic mass is 9.97. The number of carbonyl (C=O) groups is 2. The highest BCUT2D eigenvalue weighted by Gasteiger charge is 2.27. The fourth-order valence-electron chi connectivity index (χ4n) is 3.77. The van der Waals surface area contributed by atoms with Crippen molar-refractivity contribution in [3.8, 4) is 0 Å². The molecule has 3 aromatic rings. The molecule has 1 saturated heterocycles. The van der Waals surface area contributed by atoms with Crippen molar-refractivity contribution >= 4 is 23.6 Å². The first-order valence-corrected chi connectivity index (χ1v) is 10.7. The number of esters is 1. The van der Waals surface area contributed by atoms with Gasteiger partial charge < -0.3 is 9.64 Å². The molecule has 0 saturated carbocycles. The number of rotatable bonds is 5. The minimum atomic E-state index is -0.317. The lowest BCUT2D eigenvalue weighted by molar-refractivity contribution is -0.152. The molecule has 0 bridgehead atoms. The number of nitrogens with zero attached hydrogens (tertiary/aromatic N) is 3. The summed E-state index contributed by atoms with van der Waals surface area (Å²) in [6.07, 6.45) is 6.20. The maximum Gasteiger partial charge on any atom is 0.309 e. The van der Waals surface area contributed by atoms with E-state index >= 15 is 0 Å². The highest BCUT2D eigenvalue weighted by atomic mass is 16.5. The normalized spacial score (nSPS) is 14.7. The van der Waals surface area contributed by atoms with Crippen LogP contribution in [0.5, 0.6) is 0 Å². The quantitative estimate of drug-likeness (QED) is 0.458. The zero-order valence-electron chi connectivity index (χ0n) is 17.9. The topological polar surface area (TPSA) is 81.0 Å². The van der Waals surface area contributed by atoms with Crippen LogP contribution in [0.25, 0.3) is 11.7 Å². The molecule has 0 atom stereocenters. The summed E-state index contributed by atoms with van der Waals surface area (Å²) in [6.45, 7) is 2.87. The molecule has 164 valence electrons. The Labute approximate surface area is 186 Å². The monoisotopic (exact) mass is 431 g/mol. The van der Waals surface area contributed by atoms with E-state index < -0.39 is 0 Å². The maximum absolute atomic E-state index is 12.5. The summed E-state index contributed by atoms with van der Waals surface area (Å²) < 4.78 is 6.90. The van der Waals surface area contributed by atoms with Crippen LogP contribution < -0.4 is 5.56 Å². The fourth-order valence-corrected chi connectivity index (χ4v) is 3.77. The van der Waals surface area contributed by atoms with E-state index in [1.54, 1.807) is 29.3 Å². The Balaban J connectivity index is 1.29. The summed E-state index contributed by atoms with van der Waals surface area (Å²) in [5.41, 5.74) is 2.66. The summed E-state index contributed by atoms with van der Waals surface area (Å²) >= 11 is 0. The maximum atomic E-state index is 12.5. The van der Waals surface area contributed by atoms with Gasteiger partial charge in [-0.25, -0.2) is 4.98 Å². The average molecular weight is 431 g/mol. The Kier molecular flexibility index (Phi) is 6.44. The van der Waals surface area contributed by atoms with E-state index in [2.05, 4.69) is 4.98 Å². The Morgan fingerprint density at radius 2 is 1.88 bits per heavy atom. The lowest BCUT2D eigenvalue weighted by Crippen LogP contribution is -2.39. The molecule has 0 aliphatic carbocycles. The Bertz CT molecular complexity index is 1210. The highest BCUT2D eigenvalue weighted by Crippen LogP contribution is 2.20. The van der Waals surface area contributed by atoms with Crippen molar-refractivity contribution in [1.82, 2.24) is 14.3 Å². The van der Waals surface area contributed by atoms with E-state index in [9.17, 15) is 14.4 Å². The fraction of sp³-hybridized carbons (Fsp3) is 0.280. The average Bonchev–Trinajstić information content (AvgIpc) is 2.82. The predicted molar refractivity (Wildman–Crippen MR) is 121 cm³/mol. The van der Waals surface area contributed by atoms with Gasteiger partial charge in [0.2, 0.25) is 5.91 Å².